The molecule has 8 bridgehead atoms. The Hall–Kier alpha value is -7.12. The van der Waals surface area contributed by atoms with E-state index >= 15 is 0 Å². The SMILES string of the molecule is COc1ccc(OC)c2c1[C@]1(c3ccccc3)O[C@@]2(c2ccccc2)c2c3ccc(c21)CCc1ccc(c2c1[C@]1(c4ccccc4)O[C@@]2(c2ccccc2)c2c(OC)ccc(OC)c21)CC3. The van der Waals surface area contributed by atoms with Crippen LogP contribution in [0.5, 0.6) is 23.0 Å². The van der Waals surface area contributed by atoms with E-state index < -0.39 is 22.4 Å². The van der Waals surface area contributed by atoms with Gasteiger partial charge in [0.25, 0.3) is 0 Å². The average Bonchev–Trinajstić information content (AvgIpc) is 4.10. The quantitative estimate of drug-likeness (QED) is 0.152. The van der Waals surface area contributed by atoms with E-state index in [1.54, 1.807) is 28.4 Å². The highest BCUT2D eigenvalue weighted by Gasteiger charge is 2.70. The summed E-state index contributed by atoms with van der Waals surface area (Å²) >= 11 is 0. The van der Waals surface area contributed by atoms with Crippen molar-refractivity contribution in [2.24, 2.45) is 0 Å². The van der Waals surface area contributed by atoms with Crippen molar-refractivity contribution in [1.82, 2.24) is 0 Å². The van der Waals surface area contributed by atoms with Gasteiger partial charge in [0.2, 0.25) is 0 Å². The lowest BCUT2D eigenvalue weighted by molar-refractivity contribution is -0.0278. The van der Waals surface area contributed by atoms with Crippen LogP contribution in [-0.2, 0) is 57.6 Å². The van der Waals surface area contributed by atoms with Crippen molar-refractivity contribution in [2.75, 3.05) is 28.4 Å². The molecule has 2 aliphatic carbocycles. The van der Waals surface area contributed by atoms with E-state index in [-0.39, 0.29) is 0 Å². The molecule has 0 saturated carbocycles. The van der Waals surface area contributed by atoms with Crippen LogP contribution in [0.3, 0.4) is 0 Å². The Labute approximate surface area is 385 Å². The number of benzene rings is 8. The maximum Gasteiger partial charge on any atom is 0.150 e. The van der Waals surface area contributed by atoms with Gasteiger partial charge in [0.05, 0.1) is 28.4 Å². The van der Waals surface area contributed by atoms with Gasteiger partial charge in [0, 0.05) is 44.5 Å². The topological polar surface area (TPSA) is 55.4 Å². The van der Waals surface area contributed by atoms with Gasteiger partial charge in [-0.2, -0.15) is 0 Å². The lowest BCUT2D eigenvalue weighted by atomic mass is 9.63. The van der Waals surface area contributed by atoms with E-state index in [0.717, 1.165) is 93.2 Å². The standard InChI is InChI=1S/C60H48O6/c1-61-45-33-34-46(62-2)54-53(45)57(41-17-9-5-10-18-41)49-37-25-26-38(50(49)58(54,65-57)42-19-11-6-12-20-42)31-32-40-28-27-39(30-29-37)51-52(40)60(44-23-15-8-16-24-44)56-48(64-4)36-35-47(63-3)55(56)59(51,66-60)43-21-13-7-14-22-43/h5-28,33-36H,29-32H2,1-4H3/t57-,58+,59+,60-. The second kappa shape index (κ2) is 14.2. The summed E-state index contributed by atoms with van der Waals surface area (Å²) in [5, 5.41) is 0. The van der Waals surface area contributed by atoms with Crippen LogP contribution in [0.15, 0.2) is 170 Å². The van der Waals surface area contributed by atoms with Gasteiger partial charge in [-0.3, -0.25) is 0 Å². The van der Waals surface area contributed by atoms with Crippen molar-refractivity contribution in [3.63, 3.8) is 0 Å². The zero-order chi connectivity index (χ0) is 44.4. The van der Waals surface area contributed by atoms with Gasteiger partial charge >= 0.3 is 0 Å². The van der Waals surface area contributed by atoms with Crippen molar-refractivity contribution in [3.8, 4) is 23.0 Å². The number of hydrogen-bond acceptors (Lipinski definition) is 6. The fourth-order valence-corrected chi connectivity index (χ4v) is 13.0. The third-order valence-electron chi connectivity index (χ3n) is 15.4. The summed E-state index contributed by atoms with van der Waals surface area (Å²) < 4.78 is 41.6. The Kier molecular flexibility index (Phi) is 8.44. The molecule has 0 radical (unpaired) electrons. The first-order valence-corrected chi connectivity index (χ1v) is 23.0. The first-order valence-electron chi connectivity index (χ1n) is 23.0. The number of fused-ring (bicyclic) bond motifs is 16. The minimum absolute atomic E-state index is 0.740. The monoisotopic (exact) mass is 864 g/mol. The lowest BCUT2D eigenvalue weighted by Crippen LogP contribution is -2.32. The first-order chi connectivity index (χ1) is 32.5. The van der Waals surface area contributed by atoms with Gasteiger partial charge in [-0.15, -0.1) is 0 Å². The van der Waals surface area contributed by atoms with Gasteiger partial charge in [0.1, 0.15) is 23.0 Å². The molecule has 0 N–H and O–H groups in total. The van der Waals surface area contributed by atoms with Crippen LogP contribution >= 0.6 is 0 Å². The van der Waals surface area contributed by atoms with E-state index in [2.05, 4.69) is 146 Å². The molecule has 14 rings (SSSR count). The summed E-state index contributed by atoms with van der Waals surface area (Å²) in [6, 6.07) is 60.6. The summed E-state index contributed by atoms with van der Waals surface area (Å²) in [7, 11) is 7.05. The second-order valence-corrected chi connectivity index (χ2v) is 18.1. The van der Waals surface area contributed by atoms with Crippen LogP contribution < -0.4 is 18.9 Å². The Bertz CT molecular complexity index is 2820. The zero-order valence-corrected chi connectivity index (χ0v) is 37.4. The minimum Gasteiger partial charge on any atom is -0.496 e. The highest BCUT2D eigenvalue weighted by atomic mass is 16.6. The predicted octanol–water partition coefficient (Wildman–Crippen LogP) is 11.5. The van der Waals surface area contributed by atoms with Crippen LogP contribution in [0.25, 0.3) is 0 Å². The third-order valence-corrected chi connectivity index (χ3v) is 15.4. The van der Waals surface area contributed by atoms with E-state index in [4.69, 9.17) is 28.4 Å². The molecule has 0 amide bonds. The largest absolute Gasteiger partial charge is 0.496 e. The van der Waals surface area contributed by atoms with Crippen molar-refractivity contribution < 1.29 is 28.4 Å². The smallest absolute Gasteiger partial charge is 0.150 e. The highest BCUT2D eigenvalue weighted by molar-refractivity contribution is 5.80. The summed E-state index contributed by atoms with van der Waals surface area (Å²) in [5.41, 5.74) is 13.9. The Morgan fingerprint density at radius 3 is 0.682 bits per heavy atom. The Balaban J connectivity index is 1.13. The van der Waals surface area contributed by atoms with Gasteiger partial charge in [-0.05, 0) is 94.5 Å². The summed E-state index contributed by atoms with van der Waals surface area (Å²) in [4.78, 5) is 0. The van der Waals surface area contributed by atoms with Gasteiger partial charge in [0.15, 0.2) is 22.4 Å². The summed E-state index contributed by atoms with van der Waals surface area (Å²) in [5.74, 6) is 3.09. The van der Waals surface area contributed by atoms with E-state index in [1.165, 1.54) is 44.5 Å². The van der Waals surface area contributed by atoms with Crippen molar-refractivity contribution in [3.05, 3.63) is 259 Å². The second-order valence-electron chi connectivity index (χ2n) is 18.1. The Morgan fingerprint density at radius 1 is 0.273 bits per heavy atom. The van der Waals surface area contributed by atoms with Gasteiger partial charge in [-0.1, -0.05) is 146 Å². The molecule has 4 atom stereocenters. The number of ether oxygens (including phenoxy) is 6. The van der Waals surface area contributed by atoms with Crippen molar-refractivity contribution in [2.45, 2.75) is 48.1 Å². The minimum atomic E-state index is -1.00. The molecule has 0 fully saturated rings. The molecular formula is C60H48O6. The average molecular weight is 865 g/mol. The number of methoxy groups -OCH3 is 4. The maximum atomic E-state index is 8.08. The maximum absolute atomic E-state index is 8.08. The number of aryl methyl sites for hydroxylation is 4. The van der Waals surface area contributed by atoms with E-state index in [1.807, 2.05) is 24.3 Å². The van der Waals surface area contributed by atoms with Crippen molar-refractivity contribution in [1.29, 1.82) is 0 Å². The molecule has 324 valence electrons. The highest BCUT2D eigenvalue weighted by Crippen LogP contribution is 2.73. The molecule has 0 unspecified atom stereocenters. The van der Waals surface area contributed by atoms with Crippen LogP contribution in [0.2, 0.25) is 0 Å². The normalized spacial score (nSPS) is 23.3. The van der Waals surface area contributed by atoms with Crippen LogP contribution in [-0.4, -0.2) is 28.4 Å². The fraction of sp³-hybridized carbons (Fsp3) is 0.200. The Morgan fingerprint density at radius 2 is 0.485 bits per heavy atom. The molecule has 0 spiro atoms. The molecule has 6 nitrogen and oxygen atoms in total. The number of hydrogen-bond donors (Lipinski definition) is 0. The molecule has 0 aromatic heterocycles. The third kappa shape index (κ3) is 4.68. The lowest BCUT2D eigenvalue weighted by Gasteiger charge is -2.37. The molecule has 66 heavy (non-hydrogen) atoms. The molecule has 4 heterocycles. The van der Waals surface area contributed by atoms with Crippen LogP contribution in [0, 0.1) is 0 Å². The molecule has 6 aliphatic rings. The molecule has 8 aromatic carbocycles. The van der Waals surface area contributed by atoms with Crippen LogP contribution in [0.4, 0.5) is 0 Å². The summed E-state index contributed by atoms with van der Waals surface area (Å²) in [6.45, 7) is 0. The van der Waals surface area contributed by atoms with Gasteiger partial charge in [-0.25, -0.2) is 0 Å². The molecule has 8 aromatic rings. The molecular weight excluding hydrogens is 817 g/mol. The zero-order valence-electron chi connectivity index (χ0n) is 37.4. The van der Waals surface area contributed by atoms with Crippen LogP contribution in [0.1, 0.15) is 89.0 Å². The van der Waals surface area contributed by atoms with Crippen molar-refractivity contribution >= 4 is 0 Å². The number of rotatable bonds is 8. The predicted molar refractivity (Wildman–Crippen MR) is 254 cm³/mol. The fourth-order valence-electron chi connectivity index (χ4n) is 13.0. The van der Waals surface area contributed by atoms with Gasteiger partial charge < -0.3 is 28.4 Å². The van der Waals surface area contributed by atoms with E-state index in [0.29, 0.717) is 0 Å². The van der Waals surface area contributed by atoms with E-state index in [9.17, 15) is 0 Å². The molecule has 0 saturated heterocycles. The first kappa shape index (κ1) is 39.3. The molecule has 6 heteroatoms. The summed E-state index contributed by atoms with van der Waals surface area (Å²) in [6.07, 6.45) is 2.96. The molecule has 4 aliphatic heterocycles.